The minimum absolute atomic E-state index is 0.160. The standard InChI is InChI=1S/C35H36F3N3O8/c1-22-20-41(33(45)39-31(22)43)30-19-28(42)29(49-30)21-40(32(44)35(36,37)38)17-18-48-34(23-7-5-4-6-8-23,24-9-13-26(46-2)14-10-24)25-11-15-27(47-3)16-12-25/h4-16,20,28-30,42H,17-19,21H2,1-3H3,(H,39,43,45)/t28-,29+,30+/m0/s1. The number of alkyl halides is 3. The number of aliphatic hydroxyl groups is 1. The number of carbonyl (C=O) groups is 1. The van der Waals surface area contributed by atoms with Crippen LogP contribution < -0.4 is 20.7 Å². The van der Waals surface area contributed by atoms with Gasteiger partial charge in [-0.2, -0.15) is 13.2 Å². The fraction of sp³-hybridized carbons (Fsp3) is 0.343. The SMILES string of the molecule is COc1ccc(C(OCCN(C[C@H]2O[C@@H](n3cc(C)c(=O)[nH]c3=O)C[C@@H]2O)C(=O)C(F)(F)F)(c2ccccc2)c2ccc(OC)cc2)cc1. The first-order chi connectivity index (χ1) is 23.4. The number of aliphatic hydroxyl groups excluding tert-OH is 1. The minimum atomic E-state index is -5.24. The number of nitrogens with zero attached hydrogens (tertiary/aromatic N) is 2. The third kappa shape index (κ3) is 7.56. The molecule has 0 saturated carbocycles. The summed E-state index contributed by atoms with van der Waals surface area (Å²) in [7, 11) is 3.05. The Kier molecular flexibility index (Phi) is 10.6. The molecule has 11 nitrogen and oxygen atoms in total. The van der Waals surface area contributed by atoms with Crippen molar-refractivity contribution in [3.05, 3.63) is 128 Å². The molecule has 0 spiro atoms. The molecule has 260 valence electrons. The van der Waals surface area contributed by atoms with E-state index in [1.165, 1.54) is 27.3 Å². The summed E-state index contributed by atoms with van der Waals surface area (Å²) in [4.78, 5) is 39.6. The van der Waals surface area contributed by atoms with Crippen LogP contribution in [0.5, 0.6) is 11.5 Å². The van der Waals surface area contributed by atoms with E-state index < -0.39 is 60.5 Å². The normalized spacial score (nSPS) is 17.9. The Morgan fingerprint density at radius 1 is 0.939 bits per heavy atom. The van der Waals surface area contributed by atoms with Gasteiger partial charge in [-0.25, -0.2) is 4.79 Å². The summed E-state index contributed by atoms with van der Waals surface area (Å²) >= 11 is 0. The van der Waals surface area contributed by atoms with Gasteiger partial charge in [-0.05, 0) is 47.9 Å². The van der Waals surface area contributed by atoms with Crippen LogP contribution in [0, 0.1) is 6.92 Å². The lowest BCUT2D eigenvalue weighted by Gasteiger charge is -2.37. The topological polar surface area (TPSA) is 132 Å². The Hall–Kier alpha value is -4.92. The predicted octanol–water partition coefficient (Wildman–Crippen LogP) is 3.91. The molecule has 1 aliphatic heterocycles. The average Bonchev–Trinajstić information content (AvgIpc) is 3.46. The lowest BCUT2D eigenvalue weighted by atomic mass is 9.80. The molecule has 2 N–H and O–H groups in total. The van der Waals surface area contributed by atoms with Gasteiger partial charge in [0.25, 0.3) is 5.56 Å². The largest absolute Gasteiger partial charge is 0.497 e. The Morgan fingerprint density at radius 2 is 1.49 bits per heavy atom. The number of rotatable bonds is 12. The molecule has 3 aromatic carbocycles. The van der Waals surface area contributed by atoms with Crippen molar-refractivity contribution in [1.29, 1.82) is 0 Å². The second-order valence-corrected chi connectivity index (χ2v) is 11.5. The van der Waals surface area contributed by atoms with E-state index in [9.17, 15) is 32.7 Å². The smallest absolute Gasteiger partial charge is 0.471 e. The maximum absolute atomic E-state index is 13.9. The first-order valence-electron chi connectivity index (χ1n) is 15.4. The maximum atomic E-state index is 13.9. The van der Waals surface area contributed by atoms with Gasteiger partial charge in [-0.1, -0.05) is 54.6 Å². The van der Waals surface area contributed by atoms with Gasteiger partial charge in [0.05, 0.1) is 26.9 Å². The van der Waals surface area contributed by atoms with Crippen LogP contribution in [0.4, 0.5) is 13.2 Å². The molecule has 0 unspecified atom stereocenters. The molecule has 1 saturated heterocycles. The number of nitrogens with one attached hydrogen (secondary N) is 1. The highest BCUT2D eigenvalue weighted by Gasteiger charge is 2.46. The molecule has 1 aliphatic rings. The number of hydrogen-bond donors (Lipinski definition) is 2. The van der Waals surface area contributed by atoms with E-state index in [-0.39, 0.29) is 18.6 Å². The van der Waals surface area contributed by atoms with Gasteiger partial charge in [-0.15, -0.1) is 0 Å². The highest BCUT2D eigenvalue weighted by Crippen LogP contribution is 2.42. The fourth-order valence-electron chi connectivity index (χ4n) is 5.91. The van der Waals surface area contributed by atoms with Gasteiger partial charge in [0.1, 0.15) is 29.4 Å². The molecule has 1 fully saturated rings. The van der Waals surface area contributed by atoms with Crippen molar-refractivity contribution >= 4 is 5.91 Å². The number of amides is 1. The molecule has 5 rings (SSSR count). The number of hydrogen-bond acceptors (Lipinski definition) is 8. The first-order valence-corrected chi connectivity index (χ1v) is 15.4. The molecule has 0 bridgehead atoms. The van der Waals surface area contributed by atoms with Crippen molar-refractivity contribution in [2.75, 3.05) is 33.9 Å². The second-order valence-electron chi connectivity index (χ2n) is 11.5. The Morgan fingerprint density at radius 3 is 2.02 bits per heavy atom. The number of ether oxygens (including phenoxy) is 4. The average molecular weight is 684 g/mol. The molecule has 1 amide bonds. The van der Waals surface area contributed by atoms with Crippen LogP contribution in [0.2, 0.25) is 0 Å². The summed E-state index contributed by atoms with van der Waals surface area (Å²) < 4.78 is 65.9. The zero-order chi connectivity index (χ0) is 35.3. The molecular weight excluding hydrogens is 647 g/mol. The third-order valence-corrected chi connectivity index (χ3v) is 8.44. The summed E-state index contributed by atoms with van der Waals surface area (Å²) in [5.41, 5.74) is -0.631. The van der Waals surface area contributed by atoms with Crippen LogP contribution in [0.3, 0.4) is 0 Å². The van der Waals surface area contributed by atoms with E-state index in [0.717, 1.165) is 4.57 Å². The van der Waals surface area contributed by atoms with Crippen LogP contribution in [0.15, 0.2) is 94.6 Å². The Balaban J connectivity index is 1.47. The Labute approximate surface area is 279 Å². The Bertz CT molecular complexity index is 1800. The maximum Gasteiger partial charge on any atom is 0.471 e. The van der Waals surface area contributed by atoms with Gasteiger partial charge in [0, 0.05) is 31.3 Å². The molecule has 4 aromatic rings. The van der Waals surface area contributed by atoms with Crippen LogP contribution in [-0.4, -0.2) is 77.8 Å². The van der Waals surface area contributed by atoms with E-state index in [1.54, 1.807) is 48.5 Å². The summed E-state index contributed by atoms with van der Waals surface area (Å²) in [6, 6.07) is 23.2. The van der Waals surface area contributed by atoms with Crippen LogP contribution in [-0.2, 0) is 19.9 Å². The van der Waals surface area contributed by atoms with E-state index in [4.69, 9.17) is 18.9 Å². The van der Waals surface area contributed by atoms with Gasteiger partial charge in [0.15, 0.2) is 0 Å². The molecule has 1 aromatic heterocycles. The summed E-state index contributed by atoms with van der Waals surface area (Å²) in [5, 5.41) is 10.8. The number of aryl methyl sites for hydroxylation is 1. The van der Waals surface area contributed by atoms with Crippen molar-refractivity contribution in [3.8, 4) is 11.5 Å². The zero-order valence-corrected chi connectivity index (χ0v) is 27.0. The minimum Gasteiger partial charge on any atom is -0.497 e. The van der Waals surface area contributed by atoms with Gasteiger partial charge in [-0.3, -0.25) is 19.1 Å². The van der Waals surface area contributed by atoms with Crippen molar-refractivity contribution in [1.82, 2.24) is 14.5 Å². The number of benzene rings is 3. The molecule has 49 heavy (non-hydrogen) atoms. The number of aromatic amines is 1. The van der Waals surface area contributed by atoms with Crippen LogP contribution >= 0.6 is 0 Å². The monoisotopic (exact) mass is 683 g/mol. The summed E-state index contributed by atoms with van der Waals surface area (Å²) in [6.45, 7) is -0.0949. The number of carbonyl (C=O) groups excluding carboxylic acids is 1. The quantitative estimate of drug-likeness (QED) is 0.215. The van der Waals surface area contributed by atoms with Crippen molar-refractivity contribution in [2.24, 2.45) is 0 Å². The van der Waals surface area contributed by atoms with Crippen molar-refractivity contribution in [2.45, 2.75) is 43.6 Å². The fourth-order valence-corrected chi connectivity index (χ4v) is 5.91. The van der Waals surface area contributed by atoms with Crippen molar-refractivity contribution in [3.63, 3.8) is 0 Å². The lowest BCUT2D eigenvalue weighted by Crippen LogP contribution is -2.48. The molecule has 0 radical (unpaired) electrons. The molecule has 0 aliphatic carbocycles. The van der Waals surface area contributed by atoms with Crippen LogP contribution in [0.1, 0.15) is 34.9 Å². The van der Waals surface area contributed by atoms with Crippen LogP contribution in [0.25, 0.3) is 0 Å². The number of aromatic nitrogens is 2. The number of methoxy groups -OCH3 is 2. The highest BCUT2D eigenvalue weighted by atomic mass is 19.4. The number of H-pyrrole nitrogens is 1. The predicted molar refractivity (Wildman–Crippen MR) is 171 cm³/mol. The molecule has 2 heterocycles. The summed E-state index contributed by atoms with van der Waals surface area (Å²) in [6.07, 6.45) is -7.84. The highest BCUT2D eigenvalue weighted by molar-refractivity contribution is 5.81. The molecule has 14 heteroatoms. The van der Waals surface area contributed by atoms with E-state index in [2.05, 4.69) is 4.98 Å². The van der Waals surface area contributed by atoms with E-state index >= 15 is 0 Å². The lowest BCUT2D eigenvalue weighted by molar-refractivity contribution is -0.188. The second kappa shape index (κ2) is 14.7. The first kappa shape index (κ1) is 35.4. The third-order valence-electron chi connectivity index (χ3n) is 8.44. The molecule has 3 atom stereocenters. The molecular formula is C35H36F3N3O8. The van der Waals surface area contributed by atoms with Crippen molar-refractivity contribution < 1.29 is 42.0 Å². The van der Waals surface area contributed by atoms with Gasteiger partial charge >= 0.3 is 17.8 Å². The van der Waals surface area contributed by atoms with Gasteiger partial charge < -0.3 is 29.0 Å². The summed E-state index contributed by atoms with van der Waals surface area (Å²) in [5.74, 6) is -0.989. The van der Waals surface area contributed by atoms with E-state index in [0.29, 0.717) is 33.1 Å². The number of halogens is 3. The van der Waals surface area contributed by atoms with E-state index in [1.807, 2.05) is 30.3 Å². The zero-order valence-electron chi connectivity index (χ0n) is 27.0. The van der Waals surface area contributed by atoms with Gasteiger partial charge in [0.2, 0.25) is 0 Å².